The lowest BCUT2D eigenvalue weighted by molar-refractivity contribution is -0.123. The van der Waals surface area contributed by atoms with Gasteiger partial charge in [0.15, 0.2) is 6.61 Å². The molecule has 0 saturated carbocycles. The molecule has 2 amide bonds. The van der Waals surface area contributed by atoms with E-state index in [2.05, 4.69) is 29.6 Å². The largest absolute Gasteiger partial charge is 0.483 e. The Kier molecular flexibility index (Phi) is 7.46. The molecule has 0 aliphatic rings. The van der Waals surface area contributed by atoms with Crippen LogP contribution in [0.1, 0.15) is 33.8 Å². The molecule has 0 heterocycles. The fourth-order valence-electron chi connectivity index (χ4n) is 3.27. The van der Waals surface area contributed by atoms with Gasteiger partial charge in [-0.05, 0) is 35.7 Å². The smallest absolute Gasteiger partial charge is 0.257 e. The zero-order chi connectivity index (χ0) is 21.3. The van der Waals surface area contributed by atoms with Gasteiger partial charge in [-0.3, -0.25) is 9.59 Å². The van der Waals surface area contributed by atoms with Gasteiger partial charge >= 0.3 is 0 Å². The Hall–Kier alpha value is -3.31. The highest BCUT2D eigenvalue weighted by Gasteiger charge is 2.15. The van der Waals surface area contributed by atoms with Crippen LogP contribution in [0.3, 0.4) is 0 Å². The highest BCUT2D eigenvalue weighted by Crippen LogP contribution is 2.27. The van der Waals surface area contributed by atoms with Crippen molar-refractivity contribution in [3.05, 3.63) is 101 Å². The summed E-state index contributed by atoms with van der Waals surface area (Å²) < 4.78 is 5.47. The normalized spacial score (nSPS) is 10.6. The Morgan fingerprint density at radius 3 is 2.10 bits per heavy atom. The molecule has 154 valence electrons. The van der Waals surface area contributed by atoms with Gasteiger partial charge in [0.25, 0.3) is 11.8 Å². The second-order valence-electron chi connectivity index (χ2n) is 6.81. The van der Waals surface area contributed by atoms with Crippen LogP contribution >= 0.6 is 11.6 Å². The van der Waals surface area contributed by atoms with E-state index in [1.807, 2.05) is 36.4 Å². The first kappa shape index (κ1) is 21.4. The van der Waals surface area contributed by atoms with Crippen LogP contribution in [-0.4, -0.2) is 25.0 Å². The minimum atomic E-state index is -0.643. The van der Waals surface area contributed by atoms with Crippen LogP contribution in [0.5, 0.6) is 5.75 Å². The summed E-state index contributed by atoms with van der Waals surface area (Å²) in [5, 5.41) is 3.27. The number of primary amides is 1. The summed E-state index contributed by atoms with van der Waals surface area (Å²) in [7, 11) is 0. The minimum Gasteiger partial charge on any atom is -0.483 e. The van der Waals surface area contributed by atoms with Gasteiger partial charge in [-0.15, -0.1) is 0 Å². The van der Waals surface area contributed by atoms with Gasteiger partial charge < -0.3 is 15.8 Å². The fraction of sp³-hybridized carbons (Fsp3) is 0.167. The van der Waals surface area contributed by atoms with E-state index in [1.54, 1.807) is 6.07 Å². The third-order valence-electron chi connectivity index (χ3n) is 4.73. The summed E-state index contributed by atoms with van der Waals surface area (Å²) in [5.41, 5.74) is 7.90. The molecule has 0 atom stereocenters. The molecule has 0 unspecified atom stereocenters. The van der Waals surface area contributed by atoms with E-state index in [1.165, 1.54) is 23.3 Å². The molecule has 30 heavy (non-hydrogen) atoms. The van der Waals surface area contributed by atoms with E-state index >= 15 is 0 Å². The molecule has 0 aliphatic carbocycles. The lowest BCUT2D eigenvalue weighted by Gasteiger charge is -2.18. The number of benzene rings is 3. The molecule has 3 aromatic rings. The van der Waals surface area contributed by atoms with E-state index in [9.17, 15) is 9.59 Å². The number of nitrogens with two attached hydrogens (primary N) is 1. The minimum absolute atomic E-state index is 0.169. The van der Waals surface area contributed by atoms with Gasteiger partial charge in [0.1, 0.15) is 5.75 Å². The molecule has 0 radical (unpaired) electrons. The van der Waals surface area contributed by atoms with Crippen molar-refractivity contribution >= 4 is 23.4 Å². The Morgan fingerprint density at radius 1 is 0.933 bits per heavy atom. The third kappa shape index (κ3) is 5.84. The van der Waals surface area contributed by atoms with Crippen LogP contribution < -0.4 is 15.8 Å². The monoisotopic (exact) mass is 422 g/mol. The highest BCUT2D eigenvalue weighted by atomic mass is 35.5. The number of amides is 2. The Labute approximate surface area is 180 Å². The van der Waals surface area contributed by atoms with Gasteiger partial charge in [0.05, 0.1) is 5.56 Å². The van der Waals surface area contributed by atoms with Crippen molar-refractivity contribution in [2.45, 2.75) is 12.3 Å². The average molecular weight is 423 g/mol. The maximum Gasteiger partial charge on any atom is 0.257 e. The van der Waals surface area contributed by atoms with E-state index in [-0.39, 0.29) is 29.7 Å². The highest BCUT2D eigenvalue weighted by molar-refractivity contribution is 6.30. The summed E-state index contributed by atoms with van der Waals surface area (Å²) in [4.78, 5) is 23.7. The van der Waals surface area contributed by atoms with Crippen molar-refractivity contribution in [2.24, 2.45) is 5.73 Å². The summed E-state index contributed by atoms with van der Waals surface area (Å²) in [5.74, 6) is -0.569. The van der Waals surface area contributed by atoms with Crippen LogP contribution in [0.25, 0.3) is 0 Å². The maximum atomic E-state index is 12.3. The molecular weight excluding hydrogens is 400 g/mol. The zero-order valence-corrected chi connectivity index (χ0v) is 17.1. The number of hydrogen-bond donors (Lipinski definition) is 2. The van der Waals surface area contributed by atoms with E-state index in [0.717, 1.165) is 6.42 Å². The SMILES string of the molecule is NC(=O)c1ccc(Cl)cc1OCC(=O)NCCC(c1ccccc1)c1ccccc1. The molecule has 0 fully saturated rings. The predicted molar refractivity (Wildman–Crippen MR) is 118 cm³/mol. The second kappa shape index (κ2) is 10.5. The summed E-state index contributed by atoms with van der Waals surface area (Å²) in [6.07, 6.45) is 0.740. The lowest BCUT2D eigenvalue weighted by Crippen LogP contribution is -2.31. The van der Waals surface area contributed by atoms with Crippen molar-refractivity contribution in [2.75, 3.05) is 13.2 Å². The summed E-state index contributed by atoms with van der Waals surface area (Å²) in [6, 6.07) is 24.9. The number of carbonyl (C=O) groups excluding carboxylic acids is 2. The van der Waals surface area contributed by atoms with E-state index in [0.29, 0.717) is 11.6 Å². The number of halogens is 1. The quantitative estimate of drug-likeness (QED) is 0.543. The fourth-order valence-corrected chi connectivity index (χ4v) is 3.43. The molecule has 3 N–H and O–H groups in total. The van der Waals surface area contributed by atoms with Gasteiger partial charge in [-0.2, -0.15) is 0 Å². The zero-order valence-electron chi connectivity index (χ0n) is 16.4. The molecule has 0 aliphatic heterocycles. The second-order valence-corrected chi connectivity index (χ2v) is 7.24. The maximum absolute atomic E-state index is 12.3. The molecule has 0 spiro atoms. The molecule has 3 aromatic carbocycles. The average Bonchev–Trinajstić information content (AvgIpc) is 2.76. The van der Waals surface area contributed by atoms with Gasteiger partial charge in [-0.1, -0.05) is 72.3 Å². The van der Waals surface area contributed by atoms with Crippen LogP contribution in [0.2, 0.25) is 5.02 Å². The van der Waals surface area contributed by atoms with Crippen LogP contribution in [0.4, 0.5) is 0 Å². The molecule has 0 saturated heterocycles. The summed E-state index contributed by atoms with van der Waals surface area (Å²) in [6.45, 7) is 0.247. The first-order valence-corrected chi connectivity index (χ1v) is 10.0. The number of carbonyl (C=O) groups is 2. The first-order chi connectivity index (χ1) is 14.5. The summed E-state index contributed by atoms with van der Waals surface area (Å²) >= 11 is 5.94. The first-order valence-electron chi connectivity index (χ1n) is 9.63. The van der Waals surface area contributed by atoms with Crippen molar-refractivity contribution in [3.8, 4) is 5.75 Å². The molecule has 0 bridgehead atoms. The van der Waals surface area contributed by atoms with Crippen LogP contribution in [0, 0.1) is 0 Å². The Balaban J connectivity index is 1.58. The lowest BCUT2D eigenvalue weighted by atomic mass is 9.88. The van der Waals surface area contributed by atoms with Crippen LogP contribution in [0.15, 0.2) is 78.9 Å². The topological polar surface area (TPSA) is 81.4 Å². The van der Waals surface area contributed by atoms with Crippen LogP contribution in [-0.2, 0) is 4.79 Å². The van der Waals surface area contributed by atoms with Crippen molar-refractivity contribution in [3.63, 3.8) is 0 Å². The van der Waals surface area contributed by atoms with Crippen molar-refractivity contribution in [1.29, 1.82) is 0 Å². The van der Waals surface area contributed by atoms with Gasteiger partial charge in [0, 0.05) is 17.5 Å². The number of rotatable bonds is 9. The number of nitrogens with one attached hydrogen (secondary N) is 1. The van der Waals surface area contributed by atoms with Crippen molar-refractivity contribution in [1.82, 2.24) is 5.32 Å². The molecule has 5 nitrogen and oxygen atoms in total. The Bertz CT molecular complexity index is 954. The predicted octanol–water partition coefficient (Wildman–Crippen LogP) is 4.16. The van der Waals surface area contributed by atoms with Gasteiger partial charge in [0.2, 0.25) is 0 Å². The standard InChI is InChI=1S/C24H23ClN2O3/c25-19-11-12-21(24(26)29)22(15-19)30-16-23(28)27-14-13-20(17-7-3-1-4-8-17)18-9-5-2-6-10-18/h1-12,15,20H,13-14,16H2,(H2,26,29)(H,27,28). The van der Waals surface area contributed by atoms with Crippen molar-refractivity contribution < 1.29 is 14.3 Å². The molecule has 6 heteroatoms. The number of hydrogen-bond acceptors (Lipinski definition) is 3. The molecule has 0 aromatic heterocycles. The molecule has 3 rings (SSSR count). The Morgan fingerprint density at radius 2 is 1.53 bits per heavy atom. The third-order valence-corrected chi connectivity index (χ3v) is 4.96. The van der Waals surface area contributed by atoms with Gasteiger partial charge in [-0.25, -0.2) is 0 Å². The molecular formula is C24H23ClN2O3. The van der Waals surface area contributed by atoms with E-state index < -0.39 is 5.91 Å². The van der Waals surface area contributed by atoms with E-state index in [4.69, 9.17) is 22.1 Å². The number of ether oxygens (including phenoxy) is 1.